The second-order valence-corrected chi connectivity index (χ2v) is 6.33. The summed E-state index contributed by atoms with van der Waals surface area (Å²) in [6.07, 6.45) is 3.16. The van der Waals surface area contributed by atoms with Gasteiger partial charge in [0, 0.05) is 12.8 Å². The van der Waals surface area contributed by atoms with Crippen molar-refractivity contribution in [2.24, 2.45) is 11.8 Å². The van der Waals surface area contributed by atoms with Crippen LogP contribution in [0.1, 0.15) is 59.8 Å². The molecule has 1 amide bonds. The largest absolute Gasteiger partial charge is 0.444 e. The number of rotatable bonds is 8. The van der Waals surface area contributed by atoms with Crippen LogP contribution >= 0.6 is 0 Å². The maximum atomic E-state index is 11.8. The Balaban J connectivity index is 2.33. The summed E-state index contributed by atoms with van der Waals surface area (Å²) in [5, 5.41) is 2.84. The third-order valence-corrected chi connectivity index (χ3v) is 3.44. The lowest BCUT2D eigenvalue weighted by atomic mass is 9.95. The van der Waals surface area contributed by atoms with E-state index >= 15 is 0 Å². The second-order valence-electron chi connectivity index (χ2n) is 6.33. The second kappa shape index (κ2) is 7.51. The predicted molar refractivity (Wildman–Crippen MR) is 75.0 cm³/mol. The van der Waals surface area contributed by atoms with Crippen LogP contribution < -0.4 is 5.32 Å². The molecule has 1 heterocycles. The SMILES string of the molecule is CC(C)CCC(=O)CC[C@@H]1OC(=O)N[C@H]1CC(C)C. The van der Waals surface area contributed by atoms with E-state index in [0.717, 1.165) is 12.8 Å². The Hall–Kier alpha value is -1.06. The van der Waals surface area contributed by atoms with Gasteiger partial charge in [-0.1, -0.05) is 27.7 Å². The van der Waals surface area contributed by atoms with Crippen molar-refractivity contribution in [1.29, 1.82) is 0 Å². The van der Waals surface area contributed by atoms with Gasteiger partial charge < -0.3 is 10.1 Å². The number of carbonyl (C=O) groups excluding carboxylic acids is 2. The van der Waals surface area contributed by atoms with Crippen molar-refractivity contribution in [2.75, 3.05) is 0 Å². The van der Waals surface area contributed by atoms with Crippen molar-refractivity contribution >= 4 is 11.9 Å². The van der Waals surface area contributed by atoms with Crippen molar-refractivity contribution in [1.82, 2.24) is 5.32 Å². The van der Waals surface area contributed by atoms with Crippen LogP contribution in [-0.4, -0.2) is 24.0 Å². The van der Waals surface area contributed by atoms with Crippen LogP contribution in [0, 0.1) is 11.8 Å². The summed E-state index contributed by atoms with van der Waals surface area (Å²) in [6, 6.07) is 0.0606. The van der Waals surface area contributed by atoms with Gasteiger partial charge in [0.25, 0.3) is 0 Å². The maximum absolute atomic E-state index is 11.8. The minimum atomic E-state index is -0.342. The third kappa shape index (κ3) is 6.08. The highest BCUT2D eigenvalue weighted by molar-refractivity contribution is 5.78. The molecule has 0 saturated carbocycles. The standard InChI is InChI=1S/C15H27NO3/c1-10(2)5-6-12(17)7-8-14-13(9-11(3)4)16-15(18)19-14/h10-11,13-14H,5-9H2,1-4H3,(H,16,18)/t13-,14-/m0/s1. The first-order valence-electron chi connectivity index (χ1n) is 7.37. The lowest BCUT2D eigenvalue weighted by molar-refractivity contribution is -0.119. The molecule has 2 atom stereocenters. The number of cyclic esters (lactones) is 1. The minimum absolute atomic E-state index is 0.0606. The fourth-order valence-electron chi connectivity index (χ4n) is 2.35. The van der Waals surface area contributed by atoms with Gasteiger partial charge in [-0.2, -0.15) is 0 Å². The molecule has 1 aliphatic heterocycles. The zero-order valence-corrected chi connectivity index (χ0v) is 12.6. The van der Waals surface area contributed by atoms with Gasteiger partial charge in [0.15, 0.2) is 0 Å². The molecule has 1 saturated heterocycles. The average Bonchev–Trinajstić information content (AvgIpc) is 2.63. The molecule has 0 spiro atoms. The zero-order chi connectivity index (χ0) is 14.4. The average molecular weight is 269 g/mol. The van der Waals surface area contributed by atoms with Crippen LogP contribution in [0.4, 0.5) is 4.79 Å². The number of hydrogen-bond acceptors (Lipinski definition) is 3. The summed E-state index contributed by atoms with van der Waals surface area (Å²) in [5.74, 6) is 1.34. The quantitative estimate of drug-likeness (QED) is 0.735. The molecule has 4 heteroatoms. The highest BCUT2D eigenvalue weighted by atomic mass is 16.6. The number of carbonyl (C=O) groups is 2. The predicted octanol–water partition coefficient (Wildman–Crippen LogP) is 3.30. The first kappa shape index (κ1) is 16.0. The van der Waals surface area contributed by atoms with Gasteiger partial charge in [-0.25, -0.2) is 4.79 Å². The molecule has 0 bridgehead atoms. The Morgan fingerprint density at radius 2 is 1.89 bits per heavy atom. The fourth-order valence-corrected chi connectivity index (χ4v) is 2.35. The number of amides is 1. The van der Waals surface area contributed by atoms with Gasteiger partial charge in [-0.05, 0) is 31.1 Å². The van der Waals surface area contributed by atoms with E-state index in [0.29, 0.717) is 31.1 Å². The molecule has 0 radical (unpaired) electrons. The van der Waals surface area contributed by atoms with Gasteiger partial charge in [-0.15, -0.1) is 0 Å². The summed E-state index contributed by atoms with van der Waals surface area (Å²) in [7, 11) is 0. The van der Waals surface area contributed by atoms with Crippen molar-refractivity contribution in [3.63, 3.8) is 0 Å². The number of ketones is 1. The summed E-state index contributed by atoms with van der Waals surface area (Å²) in [6.45, 7) is 8.48. The van der Waals surface area contributed by atoms with E-state index in [9.17, 15) is 9.59 Å². The van der Waals surface area contributed by atoms with Crippen LogP contribution in [0.2, 0.25) is 0 Å². The van der Waals surface area contributed by atoms with Crippen LogP contribution in [0.5, 0.6) is 0 Å². The van der Waals surface area contributed by atoms with E-state index in [-0.39, 0.29) is 24.0 Å². The van der Waals surface area contributed by atoms with E-state index in [1.165, 1.54) is 0 Å². The summed E-state index contributed by atoms with van der Waals surface area (Å²) in [5.41, 5.74) is 0. The monoisotopic (exact) mass is 269 g/mol. The van der Waals surface area contributed by atoms with Crippen LogP contribution in [-0.2, 0) is 9.53 Å². The maximum Gasteiger partial charge on any atom is 0.407 e. The van der Waals surface area contributed by atoms with Gasteiger partial charge in [0.05, 0.1) is 6.04 Å². The zero-order valence-electron chi connectivity index (χ0n) is 12.6. The van der Waals surface area contributed by atoms with Crippen molar-refractivity contribution in [3.8, 4) is 0 Å². The molecule has 19 heavy (non-hydrogen) atoms. The number of Topliss-reactive ketones (excluding diaryl/α,β-unsaturated/α-hetero) is 1. The van der Waals surface area contributed by atoms with E-state index in [2.05, 4.69) is 33.0 Å². The Labute approximate surface area is 116 Å². The molecule has 0 aromatic rings. The molecular weight excluding hydrogens is 242 g/mol. The van der Waals surface area contributed by atoms with Gasteiger partial charge in [0.1, 0.15) is 11.9 Å². The summed E-state index contributed by atoms with van der Waals surface area (Å²) in [4.78, 5) is 23.0. The first-order chi connectivity index (χ1) is 8.88. The van der Waals surface area contributed by atoms with Crippen molar-refractivity contribution in [3.05, 3.63) is 0 Å². The molecule has 0 aromatic carbocycles. The Morgan fingerprint density at radius 3 is 2.47 bits per heavy atom. The summed E-state index contributed by atoms with van der Waals surface area (Å²) >= 11 is 0. The highest BCUT2D eigenvalue weighted by Gasteiger charge is 2.34. The van der Waals surface area contributed by atoms with E-state index < -0.39 is 0 Å². The number of hydrogen-bond donors (Lipinski definition) is 1. The lowest BCUT2D eigenvalue weighted by Gasteiger charge is -2.18. The minimum Gasteiger partial charge on any atom is -0.444 e. The molecule has 1 fully saturated rings. The molecule has 0 aromatic heterocycles. The van der Waals surface area contributed by atoms with Crippen LogP contribution in [0.3, 0.4) is 0 Å². The lowest BCUT2D eigenvalue weighted by Crippen LogP contribution is -2.33. The molecule has 110 valence electrons. The highest BCUT2D eigenvalue weighted by Crippen LogP contribution is 2.21. The van der Waals surface area contributed by atoms with Crippen molar-refractivity contribution in [2.45, 2.75) is 71.9 Å². The molecule has 4 nitrogen and oxygen atoms in total. The molecule has 0 unspecified atom stereocenters. The van der Waals surface area contributed by atoms with Gasteiger partial charge >= 0.3 is 6.09 Å². The topological polar surface area (TPSA) is 55.4 Å². The van der Waals surface area contributed by atoms with E-state index in [1.54, 1.807) is 0 Å². The smallest absolute Gasteiger partial charge is 0.407 e. The molecule has 0 aliphatic carbocycles. The normalized spacial score (nSPS) is 22.7. The first-order valence-corrected chi connectivity index (χ1v) is 7.37. The molecular formula is C15H27NO3. The molecule has 1 rings (SSSR count). The number of alkyl carbamates (subject to hydrolysis) is 1. The van der Waals surface area contributed by atoms with E-state index in [1.807, 2.05) is 0 Å². The fraction of sp³-hybridized carbons (Fsp3) is 0.867. The Morgan fingerprint density at radius 1 is 1.21 bits per heavy atom. The van der Waals surface area contributed by atoms with E-state index in [4.69, 9.17) is 4.74 Å². The number of nitrogens with one attached hydrogen (secondary N) is 1. The summed E-state index contributed by atoms with van der Waals surface area (Å²) < 4.78 is 5.25. The van der Waals surface area contributed by atoms with Gasteiger partial charge in [-0.3, -0.25) is 4.79 Å². The molecule has 1 N–H and O–H groups in total. The Kier molecular flexibility index (Phi) is 6.32. The molecule has 1 aliphatic rings. The number of ether oxygens (including phenoxy) is 1. The van der Waals surface area contributed by atoms with Crippen molar-refractivity contribution < 1.29 is 14.3 Å². The van der Waals surface area contributed by atoms with Crippen LogP contribution in [0.25, 0.3) is 0 Å². The third-order valence-electron chi connectivity index (χ3n) is 3.44. The van der Waals surface area contributed by atoms with Gasteiger partial charge in [0.2, 0.25) is 0 Å². The Bertz CT molecular complexity index is 313. The van der Waals surface area contributed by atoms with Crippen LogP contribution in [0.15, 0.2) is 0 Å².